The van der Waals surface area contributed by atoms with Crippen molar-refractivity contribution in [3.8, 4) is 23.0 Å². The van der Waals surface area contributed by atoms with Crippen LogP contribution in [0, 0.1) is 0 Å². The number of methoxy groups -OCH3 is 4. The second-order valence-corrected chi connectivity index (χ2v) is 11.8. The topological polar surface area (TPSA) is 156 Å². The molecule has 0 saturated carbocycles. The molecule has 1 aromatic heterocycles. The van der Waals surface area contributed by atoms with E-state index in [1.807, 2.05) is 54.6 Å². The van der Waals surface area contributed by atoms with Crippen LogP contribution in [-0.4, -0.2) is 73.8 Å². The fraction of sp³-hybridized carbons (Fsp3) is 0.382. The molecule has 3 aromatic carbocycles. The van der Waals surface area contributed by atoms with E-state index in [4.69, 9.17) is 28.7 Å². The number of anilines is 2. The predicted molar refractivity (Wildman–Crippen MR) is 179 cm³/mol. The molecule has 47 heavy (non-hydrogen) atoms. The Morgan fingerprint density at radius 3 is 1.98 bits per heavy atom. The van der Waals surface area contributed by atoms with Gasteiger partial charge in [0.25, 0.3) is 0 Å². The summed E-state index contributed by atoms with van der Waals surface area (Å²) in [6.07, 6.45) is -0.637. The third-order valence-electron chi connectivity index (χ3n) is 7.23. The van der Waals surface area contributed by atoms with Crippen LogP contribution in [0.15, 0.2) is 54.6 Å². The first-order valence-corrected chi connectivity index (χ1v) is 15.1. The summed E-state index contributed by atoms with van der Waals surface area (Å²) in [4.78, 5) is 34.3. The molecule has 1 heterocycles. The lowest BCUT2D eigenvalue weighted by Crippen LogP contribution is -2.44. The first-order valence-electron chi connectivity index (χ1n) is 15.1. The molecule has 0 aliphatic carbocycles. The third-order valence-corrected chi connectivity index (χ3v) is 7.23. The largest absolute Gasteiger partial charge is 0.497 e. The number of amides is 1. The van der Waals surface area contributed by atoms with Gasteiger partial charge in [0.15, 0.2) is 0 Å². The highest BCUT2D eigenvalue weighted by Gasteiger charge is 2.24. The number of aliphatic carboxylic acids is 1. The second-order valence-electron chi connectivity index (χ2n) is 11.8. The maximum Gasteiger partial charge on any atom is 0.408 e. The zero-order valence-electron chi connectivity index (χ0n) is 27.8. The Labute approximate surface area is 274 Å². The first kappa shape index (κ1) is 34.5. The van der Waals surface area contributed by atoms with Gasteiger partial charge in [0.05, 0.1) is 39.5 Å². The molecule has 0 bridgehead atoms. The van der Waals surface area contributed by atoms with Crippen LogP contribution in [-0.2, 0) is 22.6 Å². The van der Waals surface area contributed by atoms with Crippen molar-refractivity contribution in [1.29, 1.82) is 0 Å². The zero-order valence-corrected chi connectivity index (χ0v) is 27.8. The number of fused-ring (bicyclic) bond motifs is 1. The SMILES string of the molecule is COc1ccc(CN(Cc2ccc(OC)cc2OC)c2nc3ccc(NCCC(NC(=O)OC(C)(C)C)C(=O)O)cc3[nH]2)c(OC)c1. The number of hydrogen-bond donors (Lipinski definition) is 4. The van der Waals surface area contributed by atoms with E-state index >= 15 is 0 Å². The number of hydrogen-bond acceptors (Lipinski definition) is 10. The molecule has 4 rings (SSSR count). The summed E-state index contributed by atoms with van der Waals surface area (Å²) in [7, 11) is 6.47. The van der Waals surface area contributed by atoms with Gasteiger partial charge in [-0.15, -0.1) is 0 Å². The van der Waals surface area contributed by atoms with Gasteiger partial charge < -0.3 is 49.3 Å². The number of benzene rings is 3. The summed E-state index contributed by atoms with van der Waals surface area (Å²) < 4.78 is 27.3. The van der Waals surface area contributed by atoms with E-state index in [0.29, 0.717) is 48.6 Å². The van der Waals surface area contributed by atoms with Crippen LogP contribution in [0.2, 0.25) is 0 Å². The predicted octanol–water partition coefficient (Wildman–Crippen LogP) is 5.58. The summed E-state index contributed by atoms with van der Waals surface area (Å²) in [6, 6.07) is 15.9. The van der Waals surface area contributed by atoms with Crippen molar-refractivity contribution in [3.63, 3.8) is 0 Å². The number of H-pyrrole nitrogens is 1. The second kappa shape index (κ2) is 15.3. The van der Waals surface area contributed by atoms with E-state index in [-0.39, 0.29) is 6.42 Å². The number of imidazole rings is 1. The molecule has 4 N–H and O–H groups in total. The number of carbonyl (C=O) groups is 2. The minimum atomic E-state index is -1.15. The van der Waals surface area contributed by atoms with Crippen molar-refractivity contribution < 1.29 is 38.4 Å². The fourth-order valence-electron chi connectivity index (χ4n) is 4.91. The molecule has 0 radical (unpaired) electrons. The summed E-state index contributed by atoms with van der Waals surface area (Å²) >= 11 is 0. The van der Waals surface area contributed by atoms with E-state index in [1.54, 1.807) is 49.2 Å². The van der Waals surface area contributed by atoms with E-state index in [0.717, 1.165) is 27.8 Å². The molecule has 13 nitrogen and oxygen atoms in total. The molecule has 13 heteroatoms. The van der Waals surface area contributed by atoms with Crippen molar-refractivity contribution in [2.75, 3.05) is 45.2 Å². The van der Waals surface area contributed by atoms with Gasteiger partial charge in [0, 0.05) is 48.6 Å². The van der Waals surface area contributed by atoms with Crippen LogP contribution in [0.5, 0.6) is 23.0 Å². The lowest BCUT2D eigenvalue weighted by atomic mass is 10.1. The number of carboxylic acids is 1. The Morgan fingerprint density at radius 2 is 1.47 bits per heavy atom. The molecule has 252 valence electrons. The molecule has 0 aliphatic rings. The Balaban J connectivity index is 1.56. The summed E-state index contributed by atoms with van der Waals surface area (Å²) in [5, 5.41) is 15.3. The molecule has 0 spiro atoms. The van der Waals surface area contributed by atoms with Crippen LogP contribution < -0.4 is 34.5 Å². The lowest BCUT2D eigenvalue weighted by molar-refractivity contribution is -0.139. The van der Waals surface area contributed by atoms with Crippen LogP contribution in [0.1, 0.15) is 38.3 Å². The number of nitrogens with zero attached hydrogens (tertiary/aromatic N) is 2. The van der Waals surface area contributed by atoms with Crippen LogP contribution in [0.4, 0.5) is 16.4 Å². The normalized spacial score (nSPS) is 11.8. The van der Waals surface area contributed by atoms with Crippen molar-refractivity contribution in [2.45, 2.75) is 51.9 Å². The number of carbonyl (C=O) groups excluding carboxylic acids is 1. The maximum absolute atomic E-state index is 12.1. The number of ether oxygens (including phenoxy) is 5. The van der Waals surface area contributed by atoms with Gasteiger partial charge >= 0.3 is 12.1 Å². The molecule has 4 aromatic rings. The van der Waals surface area contributed by atoms with Gasteiger partial charge in [0.1, 0.15) is 34.6 Å². The number of alkyl carbamates (subject to hydrolysis) is 1. The van der Waals surface area contributed by atoms with Gasteiger partial charge in [-0.25, -0.2) is 14.6 Å². The third kappa shape index (κ3) is 9.35. The molecule has 0 fully saturated rings. The van der Waals surface area contributed by atoms with Crippen molar-refractivity contribution in [3.05, 3.63) is 65.7 Å². The summed E-state index contributed by atoms with van der Waals surface area (Å²) in [5.41, 5.74) is 3.40. The van der Waals surface area contributed by atoms with E-state index in [2.05, 4.69) is 20.5 Å². The Hall–Kier alpha value is -5.33. The van der Waals surface area contributed by atoms with Gasteiger partial charge in [0.2, 0.25) is 5.95 Å². The molecule has 0 saturated heterocycles. The maximum atomic E-state index is 12.1. The average molecular weight is 650 g/mol. The fourth-order valence-corrected chi connectivity index (χ4v) is 4.91. The van der Waals surface area contributed by atoms with Crippen LogP contribution in [0.3, 0.4) is 0 Å². The van der Waals surface area contributed by atoms with Crippen molar-refractivity contribution >= 4 is 34.7 Å². The standard InChI is InChI=1S/C34H43N5O8/c1-34(2,3)47-33(42)38-27(31(40)41)14-15-35-23-10-13-26-28(16-23)37-32(36-26)39(19-21-8-11-24(43-4)17-29(21)45-6)20-22-9-12-25(44-5)18-30(22)46-7/h8-13,16-18,27,35H,14-15,19-20H2,1-7H3,(H,36,37)(H,38,42)(H,40,41). The lowest BCUT2D eigenvalue weighted by Gasteiger charge is -2.24. The Morgan fingerprint density at radius 1 is 0.872 bits per heavy atom. The van der Waals surface area contributed by atoms with Crippen LogP contribution in [0.25, 0.3) is 11.0 Å². The van der Waals surface area contributed by atoms with Gasteiger partial charge in [-0.3, -0.25) is 0 Å². The molecule has 1 atom stereocenters. The van der Waals surface area contributed by atoms with E-state index < -0.39 is 23.7 Å². The Bertz CT molecular complexity index is 1630. The number of rotatable bonds is 15. The monoisotopic (exact) mass is 649 g/mol. The molecule has 0 aliphatic heterocycles. The summed E-state index contributed by atoms with van der Waals surface area (Å²) in [5.74, 6) is 2.22. The first-order chi connectivity index (χ1) is 22.4. The highest BCUT2D eigenvalue weighted by Crippen LogP contribution is 2.32. The van der Waals surface area contributed by atoms with Gasteiger partial charge in [-0.2, -0.15) is 0 Å². The quantitative estimate of drug-likeness (QED) is 0.127. The van der Waals surface area contributed by atoms with Crippen LogP contribution >= 0.6 is 0 Å². The number of aromatic nitrogens is 2. The highest BCUT2D eigenvalue weighted by atomic mass is 16.6. The molecule has 1 unspecified atom stereocenters. The van der Waals surface area contributed by atoms with Crippen molar-refractivity contribution in [1.82, 2.24) is 15.3 Å². The Kier molecular flexibility index (Phi) is 11.2. The molecular weight excluding hydrogens is 606 g/mol. The van der Waals surface area contributed by atoms with Crippen molar-refractivity contribution in [2.24, 2.45) is 0 Å². The molecule has 1 amide bonds. The minimum absolute atomic E-state index is 0.141. The number of carboxylic acid groups (broad SMARTS) is 1. The van der Waals surface area contributed by atoms with E-state index in [9.17, 15) is 14.7 Å². The zero-order chi connectivity index (χ0) is 34.1. The number of aromatic amines is 1. The highest BCUT2D eigenvalue weighted by molar-refractivity contribution is 5.82. The average Bonchev–Trinajstić information content (AvgIpc) is 3.46. The van der Waals surface area contributed by atoms with Gasteiger partial charge in [-0.1, -0.05) is 0 Å². The molecular formula is C34H43N5O8. The van der Waals surface area contributed by atoms with Gasteiger partial charge in [-0.05, 0) is 69.7 Å². The number of nitrogens with one attached hydrogen (secondary N) is 3. The van der Waals surface area contributed by atoms with E-state index in [1.165, 1.54) is 0 Å². The minimum Gasteiger partial charge on any atom is -0.497 e. The smallest absolute Gasteiger partial charge is 0.408 e. The summed E-state index contributed by atoms with van der Waals surface area (Å²) in [6.45, 7) is 6.34.